The van der Waals surface area contributed by atoms with Gasteiger partial charge in [0, 0.05) is 24.1 Å². The first-order valence-corrected chi connectivity index (χ1v) is 8.84. The van der Waals surface area contributed by atoms with Crippen molar-refractivity contribution in [2.75, 3.05) is 23.9 Å². The maximum atomic E-state index is 12.9. The third-order valence-corrected chi connectivity index (χ3v) is 4.55. The predicted octanol–water partition coefficient (Wildman–Crippen LogP) is 3.21. The van der Waals surface area contributed by atoms with Crippen LogP contribution in [0.5, 0.6) is 0 Å². The van der Waals surface area contributed by atoms with Crippen molar-refractivity contribution in [3.8, 4) is 0 Å². The Balaban J connectivity index is 1.56. The number of anilines is 3. The molecule has 7 nitrogen and oxygen atoms in total. The van der Waals surface area contributed by atoms with Crippen molar-refractivity contribution in [3.63, 3.8) is 0 Å². The summed E-state index contributed by atoms with van der Waals surface area (Å²) in [5, 5.41) is 3.03. The molecule has 4 rings (SSSR count). The number of carbonyl (C=O) groups is 2. The Hall–Kier alpha value is -3.74. The molecule has 2 aromatic carbocycles. The molecule has 28 heavy (non-hydrogen) atoms. The number of hydrogen-bond acceptors (Lipinski definition) is 6. The molecule has 0 bridgehead atoms. The van der Waals surface area contributed by atoms with Crippen LogP contribution in [0, 0.1) is 0 Å². The molecule has 0 saturated carbocycles. The van der Waals surface area contributed by atoms with Crippen molar-refractivity contribution >= 4 is 29.2 Å². The number of esters is 1. The minimum Gasteiger partial charge on any atom is -0.465 e. The molecule has 0 unspecified atom stereocenters. The summed E-state index contributed by atoms with van der Waals surface area (Å²) < 4.78 is 4.73. The van der Waals surface area contributed by atoms with Gasteiger partial charge in [0.25, 0.3) is 5.91 Å². The van der Waals surface area contributed by atoms with Crippen molar-refractivity contribution in [2.24, 2.45) is 0 Å². The summed E-state index contributed by atoms with van der Waals surface area (Å²) in [7, 11) is 1.33. The molecule has 0 radical (unpaired) electrons. The Morgan fingerprint density at radius 3 is 2.82 bits per heavy atom. The summed E-state index contributed by atoms with van der Waals surface area (Å²) >= 11 is 0. The zero-order valence-corrected chi connectivity index (χ0v) is 15.3. The molecule has 2 heterocycles. The quantitative estimate of drug-likeness (QED) is 0.706. The van der Waals surface area contributed by atoms with E-state index < -0.39 is 5.97 Å². The van der Waals surface area contributed by atoms with E-state index in [2.05, 4.69) is 15.3 Å². The number of nitrogens with zero attached hydrogens (tertiary/aromatic N) is 3. The van der Waals surface area contributed by atoms with Crippen molar-refractivity contribution in [2.45, 2.75) is 6.42 Å². The molecular formula is C21H18N4O3. The normalized spacial score (nSPS) is 12.4. The molecule has 0 atom stereocenters. The minimum atomic E-state index is -0.429. The molecule has 1 N–H and O–H groups in total. The Kier molecular flexibility index (Phi) is 4.72. The molecule has 3 aromatic rings. The first-order valence-electron chi connectivity index (χ1n) is 8.84. The number of ether oxygens (including phenoxy) is 1. The fraction of sp³-hybridized carbons (Fsp3) is 0.143. The molecule has 1 amide bonds. The smallest absolute Gasteiger partial charge is 0.337 e. The Labute approximate surface area is 162 Å². The molecule has 7 heteroatoms. The van der Waals surface area contributed by atoms with Crippen LogP contribution in [0.15, 0.2) is 60.8 Å². The van der Waals surface area contributed by atoms with Crippen LogP contribution >= 0.6 is 0 Å². The zero-order valence-electron chi connectivity index (χ0n) is 15.3. The fourth-order valence-corrected chi connectivity index (χ4v) is 3.20. The van der Waals surface area contributed by atoms with E-state index in [9.17, 15) is 9.59 Å². The number of carbonyl (C=O) groups excluding carboxylic acids is 2. The third kappa shape index (κ3) is 3.42. The number of methoxy groups -OCH3 is 1. The van der Waals surface area contributed by atoms with Gasteiger partial charge in [-0.05, 0) is 42.3 Å². The number of fused-ring (bicyclic) bond motifs is 1. The molecule has 0 spiro atoms. The molecule has 1 aromatic heterocycles. The second-order valence-corrected chi connectivity index (χ2v) is 6.30. The molecule has 1 aliphatic heterocycles. The summed E-state index contributed by atoms with van der Waals surface area (Å²) in [6.45, 7) is 0.631. The lowest BCUT2D eigenvalue weighted by molar-refractivity contribution is 0.0600. The van der Waals surface area contributed by atoms with Gasteiger partial charge in [-0.15, -0.1) is 0 Å². The first-order chi connectivity index (χ1) is 13.7. The lowest BCUT2D eigenvalue weighted by Crippen LogP contribution is -2.29. The molecule has 0 fully saturated rings. The number of benzene rings is 2. The standard InChI is InChI=1S/C21H18N4O3/c1-28-20(27)15-6-4-7-16(13-15)23-21-22-11-9-17(24-21)19(26)25-12-10-14-5-2-3-8-18(14)25/h2-9,11,13H,10,12H2,1H3,(H,22,23,24). The average molecular weight is 374 g/mol. The van der Waals surface area contributed by atoms with E-state index in [1.807, 2.05) is 24.3 Å². The largest absolute Gasteiger partial charge is 0.465 e. The summed E-state index contributed by atoms with van der Waals surface area (Å²) in [5.74, 6) is -0.319. The van der Waals surface area contributed by atoms with Crippen LogP contribution in [0.3, 0.4) is 0 Å². The summed E-state index contributed by atoms with van der Waals surface area (Å²) in [6.07, 6.45) is 2.37. The van der Waals surface area contributed by atoms with Crippen molar-refractivity contribution in [1.82, 2.24) is 9.97 Å². The van der Waals surface area contributed by atoms with Crippen LogP contribution in [0.1, 0.15) is 26.4 Å². The highest BCUT2D eigenvalue weighted by molar-refractivity contribution is 6.06. The van der Waals surface area contributed by atoms with Crippen LogP contribution in [0.2, 0.25) is 0 Å². The van der Waals surface area contributed by atoms with Gasteiger partial charge in [0.05, 0.1) is 12.7 Å². The highest BCUT2D eigenvalue weighted by atomic mass is 16.5. The number of hydrogen-bond donors (Lipinski definition) is 1. The van der Waals surface area contributed by atoms with E-state index >= 15 is 0 Å². The van der Waals surface area contributed by atoms with Crippen LogP contribution in [0.25, 0.3) is 0 Å². The van der Waals surface area contributed by atoms with E-state index in [0.29, 0.717) is 23.5 Å². The number of rotatable bonds is 4. The molecule has 140 valence electrons. The monoisotopic (exact) mass is 374 g/mol. The average Bonchev–Trinajstić information content (AvgIpc) is 3.17. The van der Waals surface area contributed by atoms with Crippen LogP contribution < -0.4 is 10.2 Å². The summed E-state index contributed by atoms with van der Waals surface area (Å²) in [4.78, 5) is 34.9. The number of aromatic nitrogens is 2. The van der Waals surface area contributed by atoms with Gasteiger partial charge >= 0.3 is 5.97 Å². The van der Waals surface area contributed by atoms with E-state index in [1.165, 1.54) is 13.3 Å². The Morgan fingerprint density at radius 1 is 1.11 bits per heavy atom. The number of nitrogens with one attached hydrogen (secondary N) is 1. The maximum absolute atomic E-state index is 12.9. The molecular weight excluding hydrogens is 356 g/mol. The van der Waals surface area contributed by atoms with Crippen molar-refractivity contribution in [1.29, 1.82) is 0 Å². The predicted molar refractivity (Wildman–Crippen MR) is 105 cm³/mol. The molecule has 0 aliphatic carbocycles. The second kappa shape index (κ2) is 7.48. The Bertz CT molecular complexity index is 1050. The highest BCUT2D eigenvalue weighted by Crippen LogP contribution is 2.28. The number of para-hydroxylation sites is 1. The lowest BCUT2D eigenvalue weighted by atomic mass is 10.2. The van der Waals surface area contributed by atoms with Gasteiger partial charge < -0.3 is 15.0 Å². The summed E-state index contributed by atoms with van der Waals surface area (Å²) in [6, 6.07) is 16.3. The van der Waals surface area contributed by atoms with Crippen LogP contribution in [-0.2, 0) is 11.2 Å². The van der Waals surface area contributed by atoms with E-state index in [-0.39, 0.29) is 11.9 Å². The number of amides is 1. The van der Waals surface area contributed by atoms with Gasteiger partial charge in [-0.3, -0.25) is 4.79 Å². The fourth-order valence-electron chi connectivity index (χ4n) is 3.20. The lowest BCUT2D eigenvalue weighted by Gasteiger charge is -2.17. The van der Waals surface area contributed by atoms with E-state index in [1.54, 1.807) is 35.2 Å². The van der Waals surface area contributed by atoms with Crippen LogP contribution in [-0.4, -0.2) is 35.5 Å². The molecule has 1 aliphatic rings. The topological polar surface area (TPSA) is 84.4 Å². The van der Waals surface area contributed by atoms with Crippen molar-refractivity contribution in [3.05, 3.63) is 77.6 Å². The summed E-state index contributed by atoms with van der Waals surface area (Å²) in [5.41, 5.74) is 3.42. The Morgan fingerprint density at radius 2 is 1.96 bits per heavy atom. The maximum Gasteiger partial charge on any atom is 0.337 e. The third-order valence-electron chi connectivity index (χ3n) is 4.55. The van der Waals surface area contributed by atoms with Gasteiger partial charge in [-0.25, -0.2) is 14.8 Å². The van der Waals surface area contributed by atoms with E-state index in [4.69, 9.17) is 4.74 Å². The van der Waals surface area contributed by atoms with Crippen LogP contribution in [0.4, 0.5) is 17.3 Å². The minimum absolute atomic E-state index is 0.168. The van der Waals surface area contributed by atoms with E-state index in [0.717, 1.165) is 17.7 Å². The highest BCUT2D eigenvalue weighted by Gasteiger charge is 2.26. The first kappa shape index (κ1) is 17.7. The van der Waals surface area contributed by atoms with Gasteiger partial charge in [-0.2, -0.15) is 0 Å². The zero-order chi connectivity index (χ0) is 19.5. The van der Waals surface area contributed by atoms with Gasteiger partial charge in [0.2, 0.25) is 5.95 Å². The van der Waals surface area contributed by atoms with Gasteiger partial charge in [0.15, 0.2) is 0 Å². The SMILES string of the molecule is COC(=O)c1cccc(Nc2nccc(C(=O)N3CCc4ccccc43)n2)c1. The van der Waals surface area contributed by atoms with Crippen molar-refractivity contribution < 1.29 is 14.3 Å². The van der Waals surface area contributed by atoms with Gasteiger partial charge in [0.1, 0.15) is 5.69 Å². The molecule has 0 saturated heterocycles. The van der Waals surface area contributed by atoms with Gasteiger partial charge in [-0.1, -0.05) is 24.3 Å². The second-order valence-electron chi connectivity index (χ2n) is 6.30.